The Labute approximate surface area is 326 Å². The van der Waals surface area contributed by atoms with Gasteiger partial charge in [0, 0.05) is 55.9 Å². The Morgan fingerprint density at radius 3 is 2.32 bits per heavy atom. The third-order valence-electron chi connectivity index (χ3n) is 10.5. The zero-order valence-electron chi connectivity index (χ0n) is 30.0. The topological polar surface area (TPSA) is 61.4 Å². The quantitative estimate of drug-likeness (QED) is 0.0927. The van der Waals surface area contributed by atoms with Gasteiger partial charge >= 0.3 is 0 Å². The van der Waals surface area contributed by atoms with Gasteiger partial charge in [-0.3, -0.25) is 0 Å². The van der Waals surface area contributed by atoms with Gasteiger partial charge in [0.15, 0.2) is 0 Å². The van der Waals surface area contributed by atoms with Gasteiger partial charge in [0.1, 0.15) is 5.82 Å². The first-order valence-corrected chi connectivity index (χ1v) is 18.4. The normalized spacial score (nSPS) is 13.0. The number of aromatic nitrogens is 2. The van der Waals surface area contributed by atoms with Crippen LogP contribution in [0.4, 0.5) is 5.69 Å². The average Bonchev–Trinajstić information content (AvgIpc) is 3.66. The molecule has 0 aliphatic heterocycles. The van der Waals surface area contributed by atoms with Gasteiger partial charge in [0.2, 0.25) is 0 Å². The molecule has 268 valence electrons. The first kappa shape index (κ1) is 36.1. The third kappa shape index (κ3) is 6.75. The van der Waals surface area contributed by atoms with Crippen LogP contribution in [-0.4, -0.2) is 15.8 Å². The first-order chi connectivity index (χ1) is 25.6. The standard InChI is InChI=1S/C47H41N4O.Pt/c1-3-5-25-47(26-6-4-2)42-18-9-7-16-38(42)39-23-21-33(28-43(39)47)34(31-48)32-50-35-14-13-15-36(29-35)52-37-22-24-41-40-17-8-10-19-44(40)51(45(41)30-37)46-20-11-12-27-49-46;/h7-24,27-28,31-32,50H,3-6,25-26H2,1-2H3;/q-3;/b34-32+;. The van der Waals surface area contributed by atoms with E-state index in [0.717, 1.165) is 58.9 Å². The number of anilines is 1. The van der Waals surface area contributed by atoms with E-state index in [4.69, 9.17) is 4.74 Å². The number of rotatable bonds is 13. The molecule has 7 aromatic rings. The summed E-state index contributed by atoms with van der Waals surface area (Å²) in [5.41, 5.74) is 9.79. The van der Waals surface area contributed by atoms with Crippen LogP contribution in [0.25, 0.3) is 49.7 Å². The van der Waals surface area contributed by atoms with E-state index in [1.807, 2.05) is 54.7 Å². The van der Waals surface area contributed by atoms with Crippen LogP contribution in [0.1, 0.15) is 69.1 Å². The zero-order valence-corrected chi connectivity index (χ0v) is 32.3. The molecule has 53 heavy (non-hydrogen) atoms. The fourth-order valence-corrected chi connectivity index (χ4v) is 7.97. The van der Waals surface area contributed by atoms with Crippen LogP contribution in [-0.2, 0) is 26.5 Å². The molecule has 5 aromatic carbocycles. The van der Waals surface area contributed by atoms with Crippen molar-refractivity contribution in [3.05, 3.63) is 162 Å². The number of hydrogen-bond acceptors (Lipinski definition) is 3. The second-order valence-electron chi connectivity index (χ2n) is 13.6. The van der Waals surface area contributed by atoms with Crippen LogP contribution in [0.5, 0.6) is 11.5 Å². The zero-order chi connectivity index (χ0) is 35.5. The molecule has 0 radical (unpaired) electrons. The molecule has 0 saturated carbocycles. The van der Waals surface area contributed by atoms with E-state index >= 15 is 0 Å². The number of benzene rings is 5. The molecule has 1 aliphatic rings. The number of nitrogens with one attached hydrogen (secondary N) is 1. The Morgan fingerprint density at radius 1 is 0.774 bits per heavy atom. The Hall–Kier alpha value is -5.25. The molecule has 0 amide bonds. The number of allylic oxidation sites excluding steroid dienone is 1. The molecular weight excluding hydrogens is 832 g/mol. The summed E-state index contributed by atoms with van der Waals surface area (Å²) in [6.45, 7) is 4.55. The molecule has 1 N–H and O–H groups in total. The molecule has 0 unspecified atom stereocenters. The van der Waals surface area contributed by atoms with E-state index in [1.54, 1.807) is 6.20 Å². The molecule has 8 rings (SSSR count). The van der Waals surface area contributed by atoms with E-state index in [0.29, 0.717) is 22.8 Å². The van der Waals surface area contributed by atoms with Gasteiger partial charge in [-0.2, -0.15) is 18.3 Å². The molecule has 0 atom stereocenters. The Bertz CT molecular complexity index is 2420. The second kappa shape index (κ2) is 15.8. The van der Waals surface area contributed by atoms with E-state index in [-0.39, 0.29) is 26.5 Å². The summed E-state index contributed by atoms with van der Waals surface area (Å²) in [4.78, 5) is 4.63. The van der Waals surface area contributed by atoms with Gasteiger partial charge in [-0.15, -0.1) is 35.7 Å². The minimum absolute atomic E-state index is 0. The molecule has 5 nitrogen and oxygen atoms in total. The van der Waals surface area contributed by atoms with Crippen molar-refractivity contribution in [3.8, 4) is 28.4 Å². The maximum Gasteiger partial charge on any atom is 0.135 e. The van der Waals surface area contributed by atoms with E-state index in [1.165, 1.54) is 41.3 Å². The molecule has 0 fully saturated rings. The molecule has 2 heterocycles. The minimum Gasteiger partial charge on any atom is -0.810 e. The molecule has 0 bridgehead atoms. The number of unbranched alkanes of at least 4 members (excludes halogenated alkanes) is 2. The van der Waals surface area contributed by atoms with Crippen LogP contribution in [0, 0.1) is 12.1 Å². The van der Waals surface area contributed by atoms with Crippen molar-refractivity contribution in [2.24, 2.45) is 0 Å². The summed E-state index contributed by atoms with van der Waals surface area (Å²) in [6.07, 6.45) is 11.7. The van der Waals surface area contributed by atoms with Crippen LogP contribution in [0.2, 0.25) is 0 Å². The largest absolute Gasteiger partial charge is 0.810 e. The Kier molecular flexibility index (Phi) is 10.8. The number of pyridine rings is 1. The van der Waals surface area contributed by atoms with Crippen molar-refractivity contribution in [2.75, 3.05) is 5.32 Å². The van der Waals surface area contributed by atoms with Crippen LogP contribution in [0.15, 0.2) is 128 Å². The molecule has 6 heteroatoms. The maximum absolute atomic E-state index is 10.5. The van der Waals surface area contributed by atoms with E-state index in [2.05, 4.69) is 108 Å². The number of ether oxygens (including phenoxy) is 1. The molecule has 2 aromatic heterocycles. The molecule has 0 saturated heterocycles. The molecule has 0 spiro atoms. The predicted molar refractivity (Wildman–Crippen MR) is 215 cm³/mol. The summed E-state index contributed by atoms with van der Waals surface area (Å²) < 4.78 is 8.45. The van der Waals surface area contributed by atoms with Crippen molar-refractivity contribution in [1.29, 1.82) is 0 Å². The van der Waals surface area contributed by atoms with E-state index < -0.39 is 0 Å². The van der Waals surface area contributed by atoms with Crippen molar-refractivity contribution < 1.29 is 25.8 Å². The average molecular weight is 873 g/mol. The molecular formula is C47H41N4OPt-3. The second-order valence-corrected chi connectivity index (χ2v) is 13.6. The van der Waals surface area contributed by atoms with Gasteiger partial charge in [0.05, 0.1) is 0 Å². The van der Waals surface area contributed by atoms with Gasteiger partial charge in [-0.1, -0.05) is 111 Å². The summed E-state index contributed by atoms with van der Waals surface area (Å²) in [7, 11) is 0. The SMILES string of the molecule is CCCCC1(CCCC)c2ccccc2-c2ccc(/C(C=[N-])=C/Nc3[c-]c(Oc4[c-]c5c(cc4)c4ccccc4n5-c4ccccn4)ccc3)cc21.[Pt]. The number of fused-ring (bicyclic) bond motifs is 6. The van der Waals surface area contributed by atoms with Gasteiger partial charge in [-0.25, -0.2) is 4.98 Å². The Morgan fingerprint density at radius 2 is 1.53 bits per heavy atom. The predicted octanol–water partition coefficient (Wildman–Crippen LogP) is 12.3. The summed E-state index contributed by atoms with van der Waals surface area (Å²) >= 11 is 0. The monoisotopic (exact) mass is 872 g/mol. The number of hydrogen-bond donors (Lipinski definition) is 1. The molecule has 1 aliphatic carbocycles. The van der Waals surface area contributed by atoms with Gasteiger partial charge in [-0.05, 0) is 75.9 Å². The fraction of sp³-hybridized carbons (Fsp3) is 0.191. The first-order valence-electron chi connectivity index (χ1n) is 18.4. The van der Waals surface area contributed by atoms with Crippen molar-refractivity contribution >= 4 is 39.3 Å². The maximum atomic E-state index is 10.5. The third-order valence-corrected chi connectivity index (χ3v) is 10.5. The van der Waals surface area contributed by atoms with Crippen molar-refractivity contribution in [1.82, 2.24) is 9.55 Å². The summed E-state index contributed by atoms with van der Waals surface area (Å²) in [5, 5.41) is 16.1. The van der Waals surface area contributed by atoms with E-state index in [9.17, 15) is 5.41 Å². The smallest absolute Gasteiger partial charge is 0.135 e. The summed E-state index contributed by atoms with van der Waals surface area (Å²) in [5.74, 6) is 1.95. The minimum atomic E-state index is -0.0204. The fourth-order valence-electron chi connectivity index (χ4n) is 7.97. The Balaban J connectivity index is 0.00000435. The van der Waals surface area contributed by atoms with Gasteiger partial charge in [0.25, 0.3) is 0 Å². The summed E-state index contributed by atoms with van der Waals surface area (Å²) in [6, 6.07) is 46.4. The number of nitrogens with zero attached hydrogens (tertiary/aromatic N) is 3. The van der Waals surface area contributed by atoms with Crippen molar-refractivity contribution in [2.45, 2.75) is 57.8 Å². The van der Waals surface area contributed by atoms with Gasteiger partial charge < -0.3 is 20.0 Å². The van der Waals surface area contributed by atoms with Crippen LogP contribution >= 0.6 is 0 Å². The van der Waals surface area contributed by atoms with Crippen LogP contribution in [0.3, 0.4) is 0 Å². The van der Waals surface area contributed by atoms with Crippen LogP contribution < -0.4 is 10.1 Å². The number of para-hydroxylation sites is 1. The van der Waals surface area contributed by atoms with Crippen molar-refractivity contribution in [3.63, 3.8) is 0 Å².